The van der Waals surface area contributed by atoms with Gasteiger partial charge >= 0.3 is 6.18 Å². The maximum Gasteiger partial charge on any atom is 0.416 e. The second-order valence-corrected chi connectivity index (χ2v) is 5.62. The van der Waals surface area contributed by atoms with Crippen LogP contribution in [0.2, 0.25) is 0 Å². The van der Waals surface area contributed by atoms with Crippen LogP contribution in [0, 0.1) is 0 Å². The Kier molecular flexibility index (Phi) is 4.05. The molecule has 1 aromatic carbocycles. The summed E-state index contributed by atoms with van der Waals surface area (Å²) in [4.78, 5) is 12.2. The number of carbonyl (C=O) groups is 1. The van der Waals surface area contributed by atoms with E-state index in [0.717, 1.165) is 23.5 Å². The van der Waals surface area contributed by atoms with E-state index < -0.39 is 17.6 Å². The first-order valence-corrected chi connectivity index (χ1v) is 6.97. The Bertz CT molecular complexity index is 654. The van der Waals surface area contributed by atoms with E-state index in [0.29, 0.717) is 4.47 Å². The number of amides is 1. The molecule has 8 heteroatoms. The highest BCUT2D eigenvalue weighted by Crippen LogP contribution is 2.34. The zero-order chi connectivity index (χ0) is 14.9. The summed E-state index contributed by atoms with van der Waals surface area (Å²) in [5, 5.41) is 4.04. The normalized spacial score (nSPS) is 11.4. The molecule has 0 bridgehead atoms. The number of anilines is 2. The second kappa shape index (κ2) is 5.45. The van der Waals surface area contributed by atoms with Crippen molar-refractivity contribution < 1.29 is 18.0 Å². The zero-order valence-electron chi connectivity index (χ0n) is 9.79. The molecule has 3 nitrogen and oxygen atoms in total. The number of nitrogens with two attached hydrogens (primary N) is 1. The summed E-state index contributed by atoms with van der Waals surface area (Å²) in [5.74, 6) is -0.544. The summed E-state index contributed by atoms with van der Waals surface area (Å²) >= 11 is 4.22. The van der Waals surface area contributed by atoms with Gasteiger partial charge in [0, 0.05) is 4.47 Å². The lowest BCUT2D eigenvalue weighted by atomic mass is 10.2. The van der Waals surface area contributed by atoms with Crippen LogP contribution in [0.25, 0.3) is 0 Å². The van der Waals surface area contributed by atoms with E-state index in [1.165, 1.54) is 6.07 Å². The molecule has 1 amide bonds. The molecule has 1 heterocycles. The number of halogens is 4. The Hall–Kier alpha value is -1.54. The van der Waals surface area contributed by atoms with E-state index in [1.807, 2.05) is 0 Å². The summed E-state index contributed by atoms with van der Waals surface area (Å²) in [5.41, 5.74) is 5.08. The van der Waals surface area contributed by atoms with Crippen LogP contribution in [0.5, 0.6) is 0 Å². The van der Waals surface area contributed by atoms with Crippen LogP contribution in [0.4, 0.5) is 24.5 Å². The molecule has 0 radical (unpaired) electrons. The second-order valence-electron chi connectivity index (χ2n) is 3.85. The molecular weight excluding hydrogens is 357 g/mol. The Morgan fingerprint density at radius 3 is 2.55 bits per heavy atom. The Labute approximate surface area is 124 Å². The van der Waals surface area contributed by atoms with E-state index >= 15 is 0 Å². The minimum absolute atomic E-state index is 0.0395. The first-order valence-electron chi connectivity index (χ1n) is 5.30. The van der Waals surface area contributed by atoms with Crippen LogP contribution in [0.3, 0.4) is 0 Å². The lowest BCUT2D eigenvalue weighted by Crippen LogP contribution is -2.13. The molecule has 1 aromatic heterocycles. The van der Waals surface area contributed by atoms with Gasteiger partial charge < -0.3 is 11.1 Å². The number of alkyl halides is 3. The molecule has 2 rings (SSSR count). The number of nitrogen functional groups attached to an aromatic ring is 1. The fourth-order valence-corrected chi connectivity index (χ4v) is 2.54. The quantitative estimate of drug-likeness (QED) is 0.831. The van der Waals surface area contributed by atoms with Gasteiger partial charge in [0.15, 0.2) is 0 Å². The molecule has 2 aromatic rings. The molecule has 0 saturated heterocycles. The van der Waals surface area contributed by atoms with Gasteiger partial charge in [0.1, 0.15) is 4.88 Å². The minimum atomic E-state index is -4.47. The van der Waals surface area contributed by atoms with Crippen molar-refractivity contribution in [3.05, 3.63) is 44.6 Å². The summed E-state index contributed by atoms with van der Waals surface area (Å²) in [6, 6.07) is 4.59. The van der Waals surface area contributed by atoms with E-state index in [9.17, 15) is 18.0 Å². The smallest absolute Gasteiger partial charge is 0.397 e. The van der Waals surface area contributed by atoms with Crippen molar-refractivity contribution in [2.45, 2.75) is 6.18 Å². The lowest BCUT2D eigenvalue weighted by molar-refractivity contribution is -0.137. The van der Waals surface area contributed by atoms with Gasteiger partial charge in [-0.15, -0.1) is 11.3 Å². The molecule has 3 N–H and O–H groups in total. The first-order chi connectivity index (χ1) is 9.29. The van der Waals surface area contributed by atoms with Crippen LogP contribution in [-0.4, -0.2) is 5.91 Å². The standard InChI is InChI=1S/C12H8BrF3N2OS/c13-7-2-1-6(12(14,15)16)5-9(7)18-11(19)10-8(17)3-4-20-10/h1-5H,17H2,(H,18,19). The fraction of sp³-hybridized carbons (Fsp3) is 0.0833. The van der Waals surface area contributed by atoms with Crippen LogP contribution in [0.1, 0.15) is 15.2 Å². The van der Waals surface area contributed by atoms with Gasteiger partial charge in [-0.25, -0.2) is 0 Å². The fourth-order valence-electron chi connectivity index (χ4n) is 1.48. The van der Waals surface area contributed by atoms with E-state index in [1.54, 1.807) is 11.4 Å². The zero-order valence-corrected chi connectivity index (χ0v) is 12.2. The highest BCUT2D eigenvalue weighted by Gasteiger charge is 2.31. The van der Waals surface area contributed by atoms with Crippen LogP contribution >= 0.6 is 27.3 Å². The SMILES string of the molecule is Nc1ccsc1C(=O)Nc1cc(C(F)(F)F)ccc1Br. The predicted molar refractivity (Wildman–Crippen MR) is 75.8 cm³/mol. The molecule has 0 unspecified atom stereocenters. The third-order valence-corrected chi connectivity index (χ3v) is 4.06. The summed E-state index contributed by atoms with van der Waals surface area (Å²) in [7, 11) is 0. The topological polar surface area (TPSA) is 55.1 Å². The van der Waals surface area contributed by atoms with Crippen molar-refractivity contribution in [1.29, 1.82) is 0 Å². The van der Waals surface area contributed by atoms with Gasteiger partial charge in [0.25, 0.3) is 5.91 Å². The first kappa shape index (κ1) is 14.9. The summed E-state index contributed by atoms with van der Waals surface area (Å²) < 4.78 is 38.2. The Balaban J connectivity index is 2.30. The van der Waals surface area contributed by atoms with E-state index in [4.69, 9.17) is 5.73 Å². The molecule has 0 aliphatic heterocycles. The minimum Gasteiger partial charge on any atom is -0.397 e. The highest BCUT2D eigenvalue weighted by atomic mass is 79.9. The average Bonchev–Trinajstić information content (AvgIpc) is 2.77. The predicted octanol–water partition coefficient (Wildman–Crippen LogP) is 4.36. The van der Waals surface area contributed by atoms with Crippen LogP contribution in [0.15, 0.2) is 34.1 Å². The number of hydrogen-bond donors (Lipinski definition) is 2. The van der Waals surface area contributed by atoms with Crippen molar-refractivity contribution in [2.75, 3.05) is 11.1 Å². The summed E-state index contributed by atoms with van der Waals surface area (Å²) in [6.07, 6.45) is -4.47. The van der Waals surface area contributed by atoms with Crippen molar-refractivity contribution >= 4 is 44.5 Å². The summed E-state index contributed by atoms with van der Waals surface area (Å²) in [6.45, 7) is 0. The number of benzene rings is 1. The van der Waals surface area contributed by atoms with Crippen molar-refractivity contribution in [3.63, 3.8) is 0 Å². The number of nitrogens with one attached hydrogen (secondary N) is 1. The molecule has 0 saturated carbocycles. The molecule has 0 aliphatic carbocycles. The van der Waals surface area contributed by atoms with Crippen LogP contribution in [-0.2, 0) is 6.18 Å². The van der Waals surface area contributed by atoms with Crippen LogP contribution < -0.4 is 11.1 Å². The van der Waals surface area contributed by atoms with E-state index in [2.05, 4.69) is 21.2 Å². The maximum absolute atomic E-state index is 12.6. The monoisotopic (exact) mass is 364 g/mol. The molecule has 20 heavy (non-hydrogen) atoms. The molecular formula is C12H8BrF3N2OS. The van der Waals surface area contributed by atoms with Gasteiger partial charge in [-0.05, 0) is 45.6 Å². The van der Waals surface area contributed by atoms with Gasteiger partial charge in [0.2, 0.25) is 0 Å². The highest BCUT2D eigenvalue weighted by molar-refractivity contribution is 9.10. The van der Waals surface area contributed by atoms with Gasteiger partial charge in [0.05, 0.1) is 16.9 Å². The number of rotatable bonds is 2. The lowest BCUT2D eigenvalue weighted by Gasteiger charge is -2.11. The van der Waals surface area contributed by atoms with Gasteiger partial charge in [-0.3, -0.25) is 4.79 Å². The third kappa shape index (κ3) is 3.13. The number of hydrogen-bond acceptors (Lipinski definition) is 3. The molecule has 0 fully saturated rings. The average molecular weight is 365 g/mol. The molecule has 106 valence electrons. The van der Waals surface area contributed by atoms with E-state index in [-0.39, 0.29) is 16.3 Å². The maximum atomic E-state index is 12.6. The molecule has 0 spiro atoms. The van der Waals surface area contributed by atoms with Gasteiger partial charge in [-0.1, -0.05) is 0 Å². The number of thiophene rings is 1. The molecule has 0 aliphatic rings. The van der Waals surface area contributed by atoms with Crippen molar-refractivity contribution in [2.24, 2.45) is 0 Å². The van der Waals surface area contributed by atoms with Crippen molar-refractivity contribution in [3.8, 4) is 0 Å². The van der Waals surface area contributed by atoms with Crippen molar-refractivity contribution in [1.82, 2.24) is 0 Å². The Morgan fingerprint density at radius 1 is 1.30 bits per heavy atom. The Morgan fingerprint density at radius 2 is 2.00 bits per heavy atom. The largest absolute Gasteiger partial charge is 0.416 e. The third-order valence-electron chi connectivity index (χ3n) is 2.44. The molecule has 0 atom stereocenters. The van der Waals surface area contributed by atoms with Gasteiger partial charge in [-0.2, -0.15) is 13.2 Å². The number of carbonyl (C=O) groups excluding carboxylic acids is 1.